The maximum absolute atomic E-state index is 12.9. The summed E-state index contributed by atoms with van der Waals surface area (Å²) in [5, 5.41) is 7.90. The Hall–Kier alpha value is -2.10. The van der Waals surface area contributed by atoms with Crippen molar-refractivity contribution < 1.29 is 4.79 Å². The SMILES string of the molecule is CCCc1nn(-c2ccc(C)cc2)c(CCC)c1C(=O)NCC(C)C. The lowest BCUT2D eigenvalue weighted by atomic mass is 10.0. The number of carbonyl (C=O) groups is 1. The van der Waals surface area contributed by atoms with E-state index in [2.05, 4.69) is 64.2 Å². The third-order valence-electron chi connectivity index (χ3n) is 4.20. The molecule has 4 heteroatoms. The van der Waals surface area contributed by atoms with Gasteiger partial charge in [0.15, 0.2) is 0 Å². The van der Waals surface area contributed by atoms with Crippen molar-refractivity contribution in [2.45, 2.75) is 60.3 Å². The number of aromatic nitrogens is 2. The van der Waals surface area contributed by atoms with Crippen molar-refractivity contribution in [1.82, 2.24) is 15.1 Å². The predicted molar refractivity (Wildman–Crippen MR) is 103 cm³/mol. The maximum atomic E-state index is 12.9. The lowest BCUT2D eigenvalue weighted by Gasteiger charge is -2.11. The third kappa shape index (κ3) is 4.71. The molecule has 2 rings (SSSR count). The van der Waals surface area contributed by atoms with E-state index in [0.717, 1.165) is 48.3 Å². The van der Waals surface area contributed by atoms with Crippen LogP contribution in [0.5, 0.6) is 0 Å². The van der Waals surface area contributed by atoms with Crippen molar-refractivity contribution in [3.8, 4) is 5.69 Å². The molecule has 0 bridgehead atoms. The van der Waals surface area contributed by atoms with Crippen molar-refractivity contribution in [2.75, 3.05) is 6.54 Å². The van der Waals surface area contributed by atoms with E-state index in [9.17, 15) is 4.79 Å². The average molecular weight is 341 g/mol. The van der Waals surface area contributed by atoms with Crippen molar-refractivity contribution in [3.63, 3.8) is 0 Å². The molecular weight excluding hydrogens is 310 g/mol. The highest BCUT2D eigenvalue weighted by atomic mass is 16.1. The molecular formula is C21H31N3O. The first-order valence-electron chi connectivity index (χ1n) is 9.43. The summed E-state index contributed by atoms with van der Waals surface area (Å²) in [6.07, 6.45) is 3.61. The summed E-state index contributed by atoms with van der Waals surface area (Å²) in [5.74, 6) is 0.444. The van der Waals surface area contributed by atoms with Gasteiger partial charge in [-0.15, -0.1) is 0 Å². The molecule has 0 aliphatic rings. The minimum atomic E-state index is 0.0129. The Labute approximate surface area is 151 Å². The summed E-state index contributed by atoms with van der Waals surface area (Å²) in [6, 6.07) is 8.33. The largest absolute Gasteiger partial charge is 0.352 e. The Morgan fingerprint density at radius 2 is 1.76 bits per heavy atom. The van der Waals surface area contributed by atoms with Gasteiger partial charge in [0.05, 0.1) is 22.6 Å². The van der Waals surface area contributed by atoms with E-state index < -0.39 is 0 Å². The van der Waals surface area contributed by atoms with Crippen LogP contribution >= 0.6 is 0 Å². The minimum absolute atomic E-state index is 0.0129. The average Bonchev–Trinajstić information content (AvgIpc) is 2.92. The van der Waals surface area contributed by atoms with Crippen LogP contribution in [-0.2, 0) is 12.8 Å². The molecule has 2 aromatic rings. The van der Waals surface area contributed by atoms with Gasteiger partial charge in [0, 0.05) is 6.54 Å². The van der Waals surface area contributed by atoms with Crippen LogP contribution in [0.2, 0.25) is 0 Å². The molecule has 0 atom stereocenters. The number of amides is 1. The zero-order chi connectivity index (χ0) is 18.4. The van der Waals surface area contributed by atoms with E-state index >= 15 is 0 Å². The summed E-state index contributed by atoms with van der Waals surface area (Å²) < 4.78 is 1.97. The highest BCUT2D eigenvalue weighted by Gasteiger charge is 2.23. The van der Waals surface area contributed by atoms with Gasteiger partial charge in [-0.2, -0.15) is 5.10 Å². The fraction of sp³-hybridized carbons (Fsp3) is 0.524. The quantitative estimate of drug-likeness (QED) is 0.770. The standard InChI is InChI=1S/C21H31N3O/c1-6-8-18-20(21(25)22-14-15(3)4)19(9-7-2)24(23-18)17-12-10-16(5)11-13-17/h10-13,15H,6-9,14H2,1-5H3,(H,22,25). The van der Waals surface area contributed by atoms with Gasteiger partial charge in [0.25, 0.3) is 5.91 Å². The first-order chi connectivity index (χ1) is 12.0. The van der Waals surface area contributed by atoms with Crippen molar-refractivity contribution in [2.24, 2.45) is 5.92 Å². The molecule has 0 radical (unpaired) electrons. The van der Waals surface area contributed by atoms with Gasteiger partial charge in [-0.05, 0) is 37.8 Å². The Morgan fingerprint density at radius 1 is 1.12 bits per heavy atom. The van der Waals surface area contributed by atoms with Crippen LogP contribution in [0.4, 0.5) is 0 Å². The number of nitrogens with zero attached hydrogens (tertiary/aromatic N) is 2. The third-order valence-corrected chi connectivity index (χ3v) is 4.20. The number of nitrogens with one attached hydrogen (secondary N) is 1. The molecule has 0 saturated heterocycles. The van der Waals surface area contributed by atoms with Crippen molar-refractivity contribution in [3.05, 3.63) is 46.8 Å². The number of benzene rings is 1. The van der Waals surface area contributed by atoms with Crippen LogP contribution < -0.4 is 5.32 Å². The maximum Gasteiger partial charge on any atom is 0.255 e. The van der Waals surface area contributed by atoms with Gasteiger partial charge in [-0.25, -0.2) is 4.68 Å². The molecule has 1 amide bonds. The van der Waals surface area contributed by atoms with Crippen LogP contribution in [-0.4, -0.2) is 22.2 Å². The van der Waals surface area contributed by atoms with Gasteiger partial charge in [0.2, 0.25) is 0 Å². The lowest BCUT2D eigenvalue weighted by Crippen LogP contribution is -2.28. The van der Waals surface area contributed by atoms with Crippen LogP contribution in [0.3, 0.4) is 0 Å². The second-order valence-corrected chi connectivity index (χ2v) is 7.12. The highest BCUT2D eigenvalue weighted by molar-refractivity contribution is 5.96. The fourth-order valence-corrected chi connectivity index (χ4v) is 2.93. The Bertz CT molecular complexity index is 699. The van der Waals surface area contributed by atoms with Crippen molar-refractivity contribution in [1.29, 1.82) is 0 Å². The van der Waals surface area contributed by atoms with E-state index in [0.29, 0.717) is 12.5 Å². The second kappa shape index (κ2) is 8.84. The number of hydrogen-bond acceptors (Lipinski definition) is 2. The zero-order valence-corrected chi connectivity index (χ0v) is 16.2. The van der Waals surface area contributed by atoms with E-state index in [1.54, 1.807) is 0 Å². The number of carbonyl (C=O) groups excluding carboxylic acids is 1. The van der Waals surface area contributed by atoms with Crippen LogP contribution in [0, 0.1) is 12.8 Å². The molecule has 0 aliphatic heterocycles. The summed E-state index contributed by atoms with van der Waals surface area (Å²) in [6.45, 7) is 11.2. The molecule has 0 aliphatic carbocycles. The summed E-state index contributed by atoms with van der Waals surface area (Å²) in [4.78, 5) is 12.9. The van der Waals surface area contributed by atoms with Crippen molar-refractivity contribution >= 4 is 5.91 Å². The van der Waals surface area contributed by atoms with E-state index in [1.807, 2.05) is 4.68 Å². The monoisotopic (exact) mass is 341 g/mol. The summed E-state index contributed by atoms with van der Waals surface area (Å²) in [5.41, 5.74) is 4.96. The van der Waals surface area contributed by atoms with E-state index in [4.69, 9.17) is 5.10 Å². The van der Waals surface area contributed by atoms with Crippen LogP contribution in [0.1, 0.15) is 67.8 Å². The van der Waals surface area contributed by atoms with Crippen LogP contribution in [0.25, 0.3) is 5.69 Å². The number of rotatable bonds is 8. The lowest BCUT2D eigenvalue weighted by molar-refractivity contribution is 0.0947. The first-order valence-corrected chi connectivity index (χ1v) is 9.43. The molecule has 1 aromatic carbocycles. The Balaban J connectivity index is 2.51. The Kier molecular flexibility index (Phi) is 6.80. The molecule has 0 spiro atoms. The second-order valence-electron chi connectivity index (χ2n) is 7.12. The molecule has 1 aromatic heterocycles. The van der Waals surface area contributed by atoms with E-state index in [-0.39, 0.29) is 5.91 Å². The number of aryl methyl sites for hydroxylation is 2. The minimum Gasteiger partial charge on any atom is -0.352 e. The summed E-state index contributed by atoms with van der Waals surface area (Å²) in [7, 11) is 0. The van der Waals surface area contributed by atoms with Gasteiger partial charge in [0.1, 0.15) is 0 Å². The Morgan fingerprint density at radius 3 is 2.32 bits per heavy atom. The molecule has 25 heavy (non-hydrogen) atoms. The predicted octanol–water partition coefficient (Wildman–Crippen LogP) is 4.47. The topological polar surface area (TPSA) is 46.9 Å². The van der Waals surface area contributed by atoms with E-state index in [1.165, 1.54) is 5.56 Å². The molecule has 1 heterocycles. The molecule has 1 N–H and O–H groups in total. The zero-order valence-electron chi connectivity index (χ0n) is 16.2. The molecule has 0 fully saturated rings. The van der Waals surface area contributed by atoms with Gasteiger partial charge < -0.3 is 5.32 Å². The highest BCUT2D eigenvalue weighted by Crippen LogP contribution is 2.22. The number of hydrogen-bond donors (Lipinski definition) is 1. The van der Waals surface area contributed by atoms with Gasteiger partial charge >= 0.3 is 0 Å². The fourth-order valence-electron chi connectivity index (χ4n) is 2.93. The van der Waals surface area contributed by atoms with Crippen LogP contribution in [0.15, 0.2) is 24.3 Å². The van der Waals surface area contributed by atoms with Gasteiger partial charge in [-0.3, -0.25) is 4.79 Å². The molecule has 0 saturated carbocycles. The smallest absolute Gasteiger partial charge is 0.255 e. The molecule has 0 unspecified atom stereocenters. The normalized spacial score (nSPS) is 11.1. The molecule has 136 valence electrons. The van der Waals surface area contributed by atoms with Gasteiger partial charge in [-0.1, -0.05) is 58.2 Å². The summed E-state index contributed by atoms with van der Waals surface area (Å²) >= 11 is 0. The molecule has 4 nitrogen and oxygen atoms in total. The first kappa shape index (κ1) is 19.2.